The van der Waals surface area contributed by atoms with Crippen LogP contribution in [0.1, 0.15) is 78.6 Å². The van der Waals surface area contributed by atoms with Gasteiger partial charge in [0.15, 0.2) is 5.96 Å². The summed E-state index contributed by atoms with van der Waals surface area (Å²) >= 11 is 0. The van der Waals surface area contributed by atoms with Crippen LogP contribution in [0.4, 0.5) is 0 Å². The fourth-order valence-corrected chi connectivity index (χ4v) is 4.69. The van der Waals surface area contributed by atoms with Gasteiger partial charge in [-0.15, -0.1) is 0 Å². The van der Waals surface area contributed by atoms with Gasteiger partial charge in [-0.05, 0) is 58.8 Å². The van der Waals surface area contributed by atoms with Crippen molar-refractivity contribution in [3.05, 3.63) is 0 Å². The predicted molar refractivity (Wildman–Crippen MR) is 96.0 cm³/mol. The van der Waals surface area contributed by atoms with Crippen LogP contribution in [0.2, 0.25) is 0 Å². The van der Waals surface area contributed by atoms with Gasteiger partial charge in [0.2, 0.25) is 0 Å². The van der Waals surface area contributed by atoms with Gasteiger partial charge in [0.25, 0.3) is 0 Å². The van der Waals surface area contributed by atoms with Crippen LogP contribution in [0.25, 0.3) is 0 Å². The zero-order valence-corrected chi connectivity index (χ0v) is 15.5. The highest BCUT2D eigenvalue weighted by atomic mass is 16.5. The largest absolute Gasteiger partial charge is 0.463 e. The molecule has 2 fully saturated rings. The lowest BCUT2D eigenvalue weighted by molar-refractivity contribution is -0.145. The number of guanidine groups is 1. The molecular formula is C19H33N3O2. The predicted octanol–water partition coefficient (Wildman–Crippen LogP) is 3.23. The lowest BCUT2D eigenvalue weighted by Crippen LogP contribution is -2.59. The molecule has 3 aliphatic heterocycles. The number of aliphatic imine (C=N–C) groups is 1. The number of esters is 1. The quantitative estimate of drug-likeness (QED) is 0.573. The summed E-state index contributed by atoms with van der Waals surface area (Å²) in [6.45, 7) is 5.74. The number of hydrogen-bond donors (Lipinski definition) is 1. The summed E-state index contributed by atoms with van der Waals surface area (Å²) in [7, 11) is 0. The minimum Gasteiger partial charge on any atom is -0.463 e. The minimum absolute atomic E-state index is 0.0503. The SMILES string of the molecule is CC(=O)OC(C)CCCCC[C@H]1C[C@H]2CC[C@H]3C[C@@H](C)NC(=N1)N23. The smallest absolute Gasteiger partial charge is 0.302 e. The molecule has 3 aliphatic rings. The average Bonchev–Trinajstić information content (AvgIpc) is 2.89. The van der Waals surface area contributed by atoms with Crippen molar-refractivity contribution in [2.75, 3.05) is 0 Å². The van der Waals surface area contributed by atoms with Crippen molar-refractivity contribution < 1.29 is 9.53 Å². The summed E-state index contributed by atoms with van der Waals surface area (Å²) in [6.07, 6.45) is 10.9. The Balaban J connectivity index is 1.40. The Labute approximate surface area is 146 Å². The number of nitrogens with zero attached hydrogens (tertiary/aromatic N) is 2. The summed E-state index contributed by atoms with van der Waals surface area (Å²) in [6, 6.07) is 2.50. The summed E-state index contributed by atoms with van der Waals surface area (Å²) in [4.78, 5) is 18.5. The molecule has 1 N–H and O–H groups in total. The normalized spacial score (nSPS) is 32.6. The highest BCUT2D eigenvalue weighted by Gasteiger charge is 2.43. The van der Waals surface area contributed by atoms with Crippen molar-refractivity contribution in [3.8, 4) is 0 Å². The molecule has 0 aromatic heterocycles. The maximum absolute atomic E-state index is 10.9. The highest BCUT2D eigenvalue weighted by molar-refractivity contribution is 5.83. The number of nitrogens with one attached hydrogen (secondary N) is 1. The summed E-state index contributed by atoms with van der Waals surface area (Å²) in [5.41, 5.74) is 0. The molecule has 0 amide bonds. The molecule has 3 heterocycles. The first kappa shape index (κ1) is 17.6. The minimum atomic E-state index is -0.172. The molecule has 0 radical (unpaired) electrons. The van der Waals surface area contributed by atoms with E-state index in [4.69, 9.17) is 9.73 Å². The van der Waals surface area contributed by atoms with Gasteiger partial charge in [0.05, 0.1) is 12.1 Å². The Morgan fingerprint density at radius 1 is 1.29 bits per heavy atom. The Hall–Kier alpha value is -1.26. The van der Waals surface area contributed by atoms with Gasteiger partial charge in [-0.1, -0.05) is 12.8 Å². The van der Waals surface area contributed by atoms with E-state index in [9.17, 15) is 4.79 Å². The van der Waals surface area contributed by atoms with Gasteiger partial charge in [-0.25, -0.2) is 4.99 Å². The summed E-state index contributed by atoms with van der Waals surface area (Å²) in [5.74, 6) is 1.01. The molecule has 5 nitrogen and oxygen atoms in total. The van der Waals surface area contributed by atoms with Crippen molar-refractivity contribution in [1.82, 2.24) is 10.2 Å². The van der Waals surface area contributed by atoms with Gasteiger partial charge < -0.3 is 15.0 Å². The van der Waals surface area contributed by atoms with Crippen molar-refractivity contribution >= 4 is 11.9 Å². The Bertz CT molecular complexity index is 479. The first-order valence-electron chi connectivity index (χ1n) is 9.83. The standard InChI is InChI=1S/C19H33N3O2/c1-13-11-17-9-10-18-12-16(21-19(20-13)22(17)18)8-6-4-5-7-14(2)24-15(3)23/h13-14,16-18H,4-12H2,1-3H3,(H,20,21)/t13-,14?,16+,17+,18-/m1/s1. The molecule has 3 rings (SSSR count). The summed E-state index contributed by atoms with van der Waals surface area (Å²) < 4.78 is 5.17. The summed E-state index contributed by atoms with van der Waals surface area (Å²) in [5, 5.41) is 3.61. The third kappa shape index (κ3) is 4.22. The van der Waals surface area contributed by atoms with Crippen LogP contribution in [0.5, 0.6) is 0 Å². The molecule has 1 unspecified atom stereocenters. The van der Waals surface area contributed by atoms with Crippen molar-refractivity contribution in [3.63, 3.8) is 0 Å². The fraction of sp³-hybridized carbons (Fsp3) is 0.895. The average molecular weight is 335 g/mol. The molecule has 24 heavy (non-hydrogen) atoms. The van der Waals surface area contributed by atoms with Gasteiger partial charge in [-0.2, -0.15) is 0 Å². The molecule has 2 saturated heterocycles. The van der Waals surface area contributed by atoms with E-state index in [1.807, 2.05) is 6.92 Å². The lowest BCUT2D eigenvalue weighted by atomic mass is 9.97. The zero-order valence-electron chi connectivity index (χ0n) is 15.5. The van der Waals surface area contributed by atoms with Crippen LogP contribution in [-0.2, 0) is 9.53 Å². The van der Waals surface area contributed by atoms with Crippen LogP contribution in [0, 0.1) is 0 Å². The second-order valence-corrected chi connectivity index (χ2v) is 7.97. The van der Waals surface area contributed by atoms with E-state index >= 15 is 0 Å². The van der Waals surface area contributed by atoms with Gasteiger partial charge in [-0.3, -0.25) is 4.79 Å². The van der Waals surface area contributed by atoms with Crippen LogP contribution in [0.15, 0.2) is 4.99 Å². The van der Waals surface area contributed by atoms with E-state index in [1.54, 1.807) is 0 Å². The Kier molecular flexibility index (Phi) is 5.67. The third-order valence-corrected chi connectivity index (χ3v) is 5.73. The first-order chi connectivity index (χ1) is 11.5. The van der Waals surface area contributed by atoms with E-state index in [2.05, 4.69) is 17.1 Å². The van der Waals surface area contributed by atoms with E-state index in [-0.39, 0.29) is 12.1 Å². The van der Waals surface area contributed by atoms with Gasteiger partial charge in [0, 0.05) is 25.0 Å². The number of unbranched alkanes of at least 4 members (excludes halogenated alkanes) is 2. The number of carbonyl (C=O) groups excluding carboxylic acids is 1. The van der Waals surface area contributed by atoms with Gasteiger partial charge >= 0.3 is 5.97 Å². The molecule has 0 bridgehead atoms. The number of hydrogen-bond acceptors (Lipinski definition) is 5. The topological polar surface area (TPSA) is 53.9 Å². The van der Waals surface area contributed by atoms with Crippen molar-refractivity contribution in [2.45, 2.75) is 109 Å². The van der Waals surface area contributed by atoms with Gasteiger partial charge in [0.1, 0.15) is 0 Å². The van der Waals surface area contributed by atoms with E-state index in [1.165, 1.54) is 57.8 Å². The highest BCUT2D eigenvalue weighted by Crippen LogP contribution is 2.36. The van der Waals surface area contributed by atoms with E-state index in [0.29, 0.717) is 12.1 Å². The molecule has 0 aliphatic carbocycles. The molecule has 5 atom stereocenters. The lowest BCUT2D eigenvalue weighted by Gasteiger charge is -2.44. The number of rotatable bonds is 7. The van der Waals surface area contributed by atoms with Crippen LogP contribution >= 0.6 is 0 Å². The molecule has 0 aromatic carbocycles. The Morgan fingerprint density at radius 2 is 2.04 bits per heavy atom. The molecular weight excluding hydrogens is 302 g/mol. The second-order valence-electron chi connectivity index (χ2n) is 7.97. The number of carbonyl (C=O) groups is 1. The first-order valence-corrected chi connectivity index (χ1v) is 9.83. The fourth-order valence-electron chi connectivity index (χ4n) is 4.69. The molecule has 0 saturated carbocycles. The van der Waals surface area contributed by atoms with Crippen LogP contribution in [0.3, 0.4) is 0 Å². The third-order valence-electron chi connectivity index (χ3n) is 5.73. The van der Waals surface area contributed by atoms with Crippen LogP contribution < -0.4 is 5.32 Å². The Morgan fingerprint density at radius 3 is 2.79 bits per heavy atom. The molecule has 136 valence electrons. The van der Waals surface area contributed by atoms with Crippen LogP contribution in [-0.4, -0.2) is 47.1 Å². The monoisotopic (exact) mass is 335 g/mol. The second kappa shape index (κ2) is 7.75. The number of ether oxygens (including phenoxy) is 1. The molecule has 0 aromatic rings. The van der Waals surface area contributed by atoms with E-state index < -0.39 is 0 Å². The van der Waals surface area contributed by atoms with E-state index in [0.717, 1.165) is 24.9 Å². The zero-order chi connectivity index (χ0) is 17.1. The van der Waals surface area contributed by atoms with Crippen molar-refractivity contribution in [1.29, 1.82) is 0 Å². The molecule has 0 spiro atoms. The molecule has 5 heteroatoms. The maximum Gasteiger partial charge on any atom is 0.302 e. The maximum atomic E-state index is 10.9. The van der Waals surface area contributed by atoms with Crippen molar-refractivity contribution in [2.24, 2.45) is 4.99 Å².